The number of hydrogen-bond acceptors (Lipinski definition) is 3. The predicted octanol–water partition coefficient (Wildman–Crippen LogP) is 6.69. The van der Waals surface area contributed by atoms with Crippen molar-refractivity contribution in [2.45, 2.75) is 33.9 Å². The van der Waals surface area contributed by atoms with Crippen molar-refractivity contribution >= 4 is 35.3 Å². The molecule has 0 saturated carbocycles. The second-order valence-corrected chi connectivity index (χ2v) is 7.92. The average Bonchev–Trinajstić information content (AvgIpc) is 2.48. The largest absolute Gasteiger partial charge is 0.126 e. The molecule has 0 fully saturated rings. The lowest BCUT2D eigenvalue weighted by molar-refractivity contribution is 1.18. The lowest BCUT2D eigenvalue weighted by Crippen LogP contribution is -1.84. The van der Waals surface area contributed by atoms with Gasteiger partial charge in [0.2, 0.25) is 0 Å². The van der Waals surface area contributed by atoms with Gasteiger partial charge in [0, 0.05) is 31.9 Å². The molecule has 0 aliphatic heterocycles. The van der Waals surface area contributed by atoms with Crippen LogP contribution in [0.25, 0.3) is 0 Å². The Morgan fingerprint density at radius 3 is 1.14 bits per heavy atom. The minimum Gasteiger partial charge on any atom is -0.126 e. The molecule has 0 aliphatic carbocycles. The highest BCUT2D eigenvalue weighted by Gasteiger charge is 2.03. The lowest BCUT2D eigenvalue weighted by Gasteiger charge is -2.09. The van der Waals surface area contributed by atoms with Crippen LogP contribution in [-0.4, -0.2) is 17.3 Å². The summed E-state index contributed by atoms with van der Waals surface area (Å²) in [6, 6.07) is 6.91. The van der Waals surface area contributed by atoms with Gasteiger partial charge >= 0.3 is 0 Å². The summed E-state index contributed by atoms with van der Waals surface area (Å²) in [6.07, 6.45) is 9.10. The van der Waals surface area contributed by atoms with Crippen molar-refractivity contribution in [2.24, 2.45) is 0 Å². The zero-order chi connectivity index (χ0) is 15.3. The van der Waals surface area contributed by atoms with E-state index < -0.39 is 0 Å². The molecule has 0 bridgehead atoms. The fourth-order valence-electron chi connectivity index (χ4n) is 1.58. The van der Waals surface area contributed by atoms with Crippen LogP contribution in [0.15, 0.2) is 70.9 Å². The van der Waals surface area contributed by atoms with Gasteiger partial charge in [0.1, 0.15) is 0 Å². The summed E-state index contributed by atoms with van der Waals surface area (Å²) < 4.78 is 0. The summed E-state index contributed by atoms with van der Waals surface area (Å²) in [5.74, 6) is 3.29. The summed E-state index contributed by atoms with van der Waals surface area (Å²) in [5, 5.41) is 0. The van der Waals surface area contributed by atoms with Gasteiger partial charge in [-0.2, -0.15) is 0 Å². The molecule has 0 aromatic heterocycles. The Balaban J connectivity index is 2.71. The third kappa shape index (κ3) is 8.50. The zero-order valence-corrected chi connectivity index (χ0v) is 15.0. The Morgan fingerprint density at radius 1 is 0.619 bits per heavy atom. The molecule has 0 saturated heterocycles. The van der Waals surface area contributed by atoms with Gasteiger partial charge in [0.05, 0.1) is 0 Å². The molecule has 3 heteroatoms. The Hall–Kier alpha value is -0.510. The second kappa shape index (κ2) is 12.1. The van der Waals surface area contributed by atoms with E-state index in [2.05, 4.69) is 37.9 Å². The summed E-state index contributed by atoms with van der Waals surface area (Å²) >= 11 is 5.74. The van der Waals surface area contributed by atoms with Gasteiger partial charge in [-0.25, -0.2) is 0 Å². The minimum atomic E-state index is 1.05. The number of rotatable bonds is 12. The molecular weight excluding hydrogens is 312 g/mol. The second-order valence-electron chi connectivity index (χ2n) is 4.42. The van der Waals surface area contributed by atoms with Crippen molar-refractivity contribution in [3.63, 3.8) is 0 Å². The fourth-order valence-corrected chi connectivity index (χ4v) is 4.62. The molecule has 0 spiro atoms. The van der Waals surface area contributed by atoms with E-state index in [1.807, 2.05) is 53.5 Å². The van der Waals surface area contributed by atoms with Crippen molar-refractivity contribution in [2.75, 3.05) is 17.3 Å². The Bertz CT molecular complexity index is 373. The summed E-state index contributed by atoms with van der Waals surface area (Å²) in [4.78, 5) is 4.09. The molecule has 1 aromatic carbocycles. The van der Waals surface area contributed by atoms with Crippen LogP contribution < -0.4 is 0 Å². The molecule has 1 aromatic rings. The van der Waals surface area contributed by atoms with Crippen molar-refractivity contribution in [3.8, 4) is 0 Å². The van der Waals surface area contributed by atoms with E-state index >= 15 is 0 Å². The van der Waals surface area contributed by atoms with Gasteiger partial charge in [-0.3, -0.25) is 0 Å². The van der Waals surface area contributed by atoms with Crippen molar-refractivity contribution in [1.29, 1.82) is 0 Å². The minimum absolute atomic E-state index is 1.05. The smallest absolute Gasteiger partial charge is 0.00943 e. The highest BCUT2D eigenvalue weighted by atomic mass is 32.2. The average molecular weight is 337 g/mol. The first-order valence-corrected chi connectivity index (χ1v) is 10.1. The van der Waals surface area contributed by atoms with E-state index in [4.69, 9.17) is 0 Å². The van der Waals surface area contributed by atoms with Crippen LogP contribution in [0, 0.1) is 0 Å². The number of hydrogen-bond donors (Lipinski definition) is 0. The highest BCUT2D eigenvalue weighted by Crippen LogP contribution is 2.32. The third-order valence-corrected chi connectivity index (χ3v) is 5.65. The summed E-state index contributed by atoms with van der Waals surface area (Å²) in [6.45, 7) is 11.4. The lowest BCUT2D eigenvalue weighted by atomic mass is 10.4. The van der Waals surface area contributed by atoms with E-state index in [1.165, 1.54) is 14.7 Å². The first-order valence-electron chi connectivity index (χ1n) is 7.16. The molecule has 0 radical (unpaired) electrons. The van der Waals surface area contributed by atoms with Crippen molar-refractivity contribution in [1.82, 2.24) is 0 Å². The quantitative estimate of drug-likeness (QED) is 0.237. The summed E-state index contributed by atoms with van der Waals surface area (Å²) in [7, 11) is 0. The van der Waals surface area contributed by atoms with E-state index in [-0.39, 0.29) is 0 Å². The van der Waals surface area contributed by atoms with E-state index in [0.29, 0.717) is 0 Å². The molecule has 0 N–H and O–H groups in total. The Morgan fingerprint density at radius 2 is 0.905 bits per heavy atom. The van der Waals surface area contributed by atoms with Gasteiger partial charge in [0.25, 0.3) is 0 Å². The van der Waals surface area contributed by atoms with Crippen LogP contribution in [0.1, 0.15) is 19.3 Å². The predicted molar refractivity (Wildman–Crippen MR) is 103 cm³/mol. The monoisotopic (exact) mass is 336 g/mol. The number of thioether (sulfide) groups is 3. The molecule has 21 heavy (non-hydrogen) atoms. The van der Waals surface area contributed by atoms with E-state index in [9.17, 15) is 0 Å². The normalized spacial score (nSPS) is 10.3. The van der Waals surface area contributed by atoms with Crippen molar-refractivity contribution < 1.29 is 0 Å². The van der Waals surface area contributed by atoms with Crippen LogP contribution in [0.2, 0.25) is 0 Å². The summed E-state index contributed by atoms with van der Waals surface area (Å²) in [5.41, 5.74) is 0. The molecular formula is C18H24S3. The molecule has 114 valence electrons. The molecule has 0 unspecified atom stereocenters. The van der Waals surface area contributed by atoms with Crippen LogP contribution in [0.5, 0.6) is 0 Å². The first kappa shape index (κ1) is 18.5. The molecule has 0 atom stereocenters. The SMILES string of the molecule is C=CCCSc1cc(SCCC=C)cc(SCCC=C)c1. The molecule has 0 heterocycles. The maximum atomic E-state index is 3.79. The van der Waals surface area contributed by atoms with Crippen LogP contribution >= 0.6 is 35.3 Å². The maximum Gasteiger partial charge on any atom is 0.00943 e. The Labute approximate surface area is 142 Å². The highest BCUT2D eigenvalue weighted by molar-refractivity contribution is 8.00. The molecule has 0 amide bonds. The van der Waals surface area contributed by atoms with Gasteiger partial charge < -0.3 is 0 Å². The van der Waals surface area contributed by atoms with E-state index in [0.717, 1.165) is 36.5 Å². The van der Waals surface area contributed by atoms with Gasteiger partial charge in [-0.05, 0) is 37.5 Å². The zero-order valence-electron chi connectivity index (χ0n) is 12.6. The number of benzene rings is 1. The topological polar surface area (TPSA) is 0 Å². The van der Waals surface area contributed by atoms with Crippen LogP contribution in [0.3, 0.4) is 0 Å². The van der Waals surface area contributed by atoms with E-state index in [1.54, 1.807) is 0 Å². The van der Waals surface area contributed by atoms with Crippen LogP contribution in [-0.2, 0) is 0 Å². The third-order valence-electron chi connectivity index (χ3n) is 2.63. The van der Waals surface area contributed by atoms with Gasteiger partial charge in [-0.15, -0.1) is 55.0 Å². The van der Waals surface area contributed by atoms with Gasteiger partial charge in [0.15, 0.2) is 0 Å². The first-order chi connectivity index (χ1) is 10.3. The molecule has 0 nitrogen and oxygen atoms in total. The number of allylic oxidation sites excluding steroid dienone is 3. The van der Waals surface area contributed by atoms with Gasteiger partial charge in [-0.1, -0.05) is 18.2 Å². The van der Waals surface area contributed by atoms with Crippen LogP contribution in [0.4, 0.5) is 0 Å². The van der Waals surface area contributed by atoms with Crippen molar-refractivity contribution in [3.05, 3.63) is 56.2 Å². The molecule has 0 aliphatic rings. The fraction of sp³-hybridized carbons (Fsp3) is 0.333. The Kier molecular flexibility index (Phi) is 10.7. The molecule has 1 rings (SSSR count). The standard InChI is InChI=1S/C18H24S3/c1-4-7-10-19-16-13-17(20-11-8-5-2)15-18(14-16)21-12-9-6-3/h4-6,13-15H,1-3,7-12H2. The maximum absolute atomic E-state index is 3.79.